The maximum absolute atomic E-state index is 13.8. The first-order valence-electron chi connectivity index (χ1n) is 11.6. The molecule has 0 saturated heterocycles. The smallest absolute Gasteiger partial charge is 0.337 e. The number of carbonyl (C=O) groups excluding carboxylic acids is 3. The standard InChI is InChI=1S/C29H24N2O6/c1-30(2)20-13-11-17(12-14-20)25-24(26(32)23-16-18-7-4-5-10-22(18)37-23)27(33)28(34)31(25)21-9-6-8-19(15-21)29(35)36-3/h4-16,25,33H,1-3H3. The average molecular weight is 497 g/mol. The number of para-hydroxylation sites is 1. The Hall–Kier alpha value is -4.85. The molecule has 2 heterocycles. The Labute approximate surface area is 213 Å². The lowest BCUT2D eigenvalue weighted by Gasteiger charge is -2.27. The van der Waals surface area contributed by atoms with Gasteiger partial charge in [0.25, 0.3) is 5.91 Å². The number of hydrogen-bond acceptors (Lipinski definition) is 7. The highest BCUT2D eigenvalue weighted by Gasteiger charge is 2.45. The molecule has 1 atom stereocenters. The van der Waals surface area contributed by atoms with Crippen molar-refractivity contribution in [1.29, 1.82) is 0 Å². The van der Waals surface area contributed by atoms with Gasteiger partial charge in [-0.15, -0.1) is 0 Å². The van der Waals surface area contributed by atoms with Gasteiger partial charge in [0.15, 0.2) is 11.5 Å². The van der Waals surface area contributed by atoms with Gasteiger partial charge in [-0.25, -0.2) is 4.79 Å². The molecule has 8 heteroatoms. The lowest BCUT2D eigenvalue weighted by molar-refractivity contribution is -0.117. The Morgan fingerprint density at radius 3 is 2.38 bits per heavy atom. The molecule has 0 fully saturated rings. The molecular weight excluding hydrogens is 472 g/mol. The summed E-state index contributed by atoms with van der Waals surface area (Å²) < 4.78 is 10.6. The summed E-state index contributed by atoms with van der Waals surface area (Å²) in [6, 6.07) is 21.4. The van der Waals surface area contributed by atoms with Crippen molar-refractivity contribution in [2.24, 2.45) is 0 Å². The molecule has 0 bridgehead atoms. The number of methoxy groups -OCH3 is 1. The number of hydrogen-bond donors (Lipinski definition) is 1. The third-order valence-corrected chi connectivity index (χ3v) is 6.37. The zero-order valence-electron chi connectivity index (χ0n) is 20.5. The second-order valence-electron chi connectivity index (χ2n) is 8.85. The quantitative estimate of drug-likeness (QED) is 0.294. The third-order valence-electron chi connectivity index (χ3n) is 6.37. The van der Waals surface area contributed by atoms with E-state index in [0.29, 0.717) is 16.8 Å². The maximum Gasteiger partial charge on any atom is 0.337 e. The molecule has 3 aromatic carbocycles. The summed E-state index contributed by atoms with van der Waals surface area (Å²) in [5.41, 5.74) is 2.49. The molecule has 8 nitrogen and oxygen atoms in total. The average Bonchev–Trinajstić information content (AvgIpc) is 3.47. The predicted octanol–water partition coefficient (Wildman–Crippen LogP) is 5.07. The van der Waals surface area contributed by atoms with E-state index in [1.807, 2.05) is 43.3 Å². The Balaban J connectivity index is 1.65. The lowest BCUT2D eigenvalue weighted by Crippen LogP contribution is -2.31. The maximum atomic E-state index is 13.8. The highest BCUT2D eigenvalue weighted by molar-refractivity contribution is 6.20. The minimum absolute atomic E-state index is 0.00984. The van der Waals surface area contributed by atoms with Crippen molar-refractivity contribution in [3.8, 4) is 0 Å². The predicted molar refractivity (Wildman–Crippen MR) is 139 cm³/mol. The minimum Gasteiger partial charge on any atom is -0.503 e. The van der Waals surface area contributed by atoms with Crippen molar-refractivity contribution >= 4 is 40.0 Å². The Bertz CT molecular complexity index is 1530. The fourth-order valence-corrected chi connectivity index (χ4v) is 4.50. The second kappa shape index (κ2) is 9.31. The van der Waals surface area contributed by atoms with Crippen LogP contribution in [0.25, 0.3) is 11.0 Å². The summed E-state index contributed by atoms with van der Waals surface area (Å²) >= 11 is 0. The number of ketones is 1. The van der Waals surface area contributed by atoms with Crippen LogP contribution in [0.5, 0.6) is 0 Å². The number of aliphatic hydroxyl groups is 1. The molecule has 1 aliphatic heterocycles. The molecule has 1 aliphatic rings. The van der Waals surface area contributed by atoms with E-state index in [2.05, 4.69) is 0 Å². The number of benzene rings is 3. The largest absolute Gasteiger partial charge is 0.503 e. The number of esters is 1. The summed E-state index contributed by atoms with van der Waals surface area (Å²) in [5, 5.41) is 11.7. The van der Waals surface area contributed by atoms with Crippen LogP contribution in [-0.2, 0) is 9.53 Å². The minimum atomic E-state index is -0.961. The van der Waals surface area contributed by atoms with Crippen LogP contribution >= 0.6 is 0 Å². The number of anilines is 2. The van der Waals surface area contributed by atoms with Crippen LogP contribution in [0, 0.1) is 0 Å². The van der Waals surface area contributed by atoms with Crippen molar-refractivity contribution in [2.75, 3.05) is 31.0 Å². The molecule has 1 aromatic heterocycles. The van der Waals surface area contributed by atoms with Crippen LogP contribution in [0.3, 0.4) is 0 Å². The summed E-state index contributed by atoms with van der Waals surface area (Å²) in [4.78, 5) is 42.6. The van der Waals surface area contributed by atoms with Crippen LogP contribution in [-0.4, -0.2) is 44.0 Å². The molecule has 1 N–H and O–H groups in total. The number of nitrogens with zero attached hydrogens (tertiary/aromatic N) is 2. The number of Topliss-reactive ketones (excluding diaryl/α,β-unsaturated/α-hetero) is 1. The Morgan fingerprint density at radius 1 is 0.973 bits per heavy atom. The molecule has 4 aromatic rings. The van der Waals surface area contributed by atoms with Crippen LogP contribution < -0.4 is 9.80 Å². The van der Waals surface area contributed by atoms with E-state index in [-0.39, 0.29) is 16.9 Å². The summed E-state index contributed by atoms with van der Waals surface area (Å²) in [6.07, 6.45) is 0. The molecule has 0 aliphatic carbocycles. The molecule has 5 rings (SSSR count). The molecule has 0 spiro atoms. The highest BCUT2D eigenvalue weighted by atomic mass is 16.5. The second-order valence-corrected chi connectivity index (χ2v) is 8.85. The van der Waals surface area contributed by atoms with Crippen molar-refractivity contribution < 1.29 is 28.6 Å². The van der Waals surface area contributed by atoms with Crippen LogP contribution in [0.15, 0.2) is 94.6 Å². The highest BCUT2D eigenvalue weighted by Crippen LogP contribution is 2.43. The number of rotatable bonds is 6. The molecule has 0 saturated carbocycles. The van der Waals surface area contributed by atoms with Gasteiger partial charge in [-0.05, 0) is 48.0 Å². The SMILES string of the molecule is COC(=O)c1cccc(N2C(=O)C(O)=C(C(=O)c3cc4ccccc4o3)C2c2ccc(N(C)C)cc2)c1. The van der Waals surface area contributed by atoms with Gasteiger partial charge in [0.05, 0.1) is 24.3 Å². The van der Waals surface area contributed by atoms with E-state index < -0.39 is 29.5 Å². The van der Waals surface area contributed by atoms with Crippen LogP contribution in [0.2, 0.25) is 0 Å². The van der Waals surface area contributed by atoms with Gasteiger partial charge in [-0.2, -0.15) is 0 Å². The van der Waals surface area contributed by atoms with Gasteiger partial charge in [0.2, 0.25) is 5.78 Å². The number of fused-ring (bicyclic) bond motifs is 1. The number of amides is 1. The lowest BCUT2D eigenvalue weighted by atomic mass is 9.94. The fraction of sp³-hybridized carbons (Fsp3) is 0.138. The topological polar surface area (TPSA) is 100 Å². The fourth-order valence-electron chi connectivity index (χ4n) is 4.50. The first-order chi connectivity index (χ1) is 17.8. The van der Waals surface area contributed by atoms with Crippen LogP contribution in [0.1, 0.15) is 32.5 Å². The molecule has 0 radical (unpaired) electrons. The monoisotopic (exact) mass is 496 g/mol. The van der Waals surface area contributed by atoms with Gasteiger partial charge >= 0.3 is 5.97 Å². The number of ether oxygens (including phenoxy) is 1. The van der Waals surface area contributed by atoms with E-state index in [9.17, 15) is 19.5 Å². The van der Waals surface area contributed by atoms with Crippen LogP contribution in [0.4, 0.5) is 11.4 Å². The van der Waals surface area contributed by atoms with E-state index in [1.54, 1.807) is 48.5 Å². The normalized spacial score (nSPS) is 15.4. The van der Waals surface area contributed by atoms with Crippen molar-refractivity contribution in [3.05, 3.63) is 107 Å². The van der Waals surface area contributed by atoms with Gasteiger partial charge in [0.1, 0.15) is 5.58 Å². The zero-order chi connectivity index (χ0) is 26.3. The molecule has 1 unspecified atom stereocenters. The first-order valence-corrected chi connectivity index (χ1v) is 11.6. The van der Waals surface area contributed by atoms with Crippen molar-refractivity contribution in [3.63, 3.8) is 0 Å². The summed E-state index contributed by atoms with van der Waals surface area (Å²) in [7, 11) is 5.07. The Kier molecular flexibility index (Phi) is 6.01. The van der Waals surface area contributed by atoms with E-state index >= 15 is 0 Å². The van der Waals surface area contributed by atoms with E-state index in [4.69, 9.17) is 9.15 Å². The number of aliphatic hydroxyl groups excluding tert-OH is 1. The van der Waals surface area contributed by atoms with Gasteiger partial charge in [-0.3, -0.25) is 14.5 Å². The summed E-state index contributed by atoms with van der Waals surface area (Å²) in [5.74, 6) is -2.60. The number of carbonyl (C=O) groups is 3. The number of furan rings is 1. The molecular formula is C29H24N2O6. The van der Waals surface area contributed by atoms with Gasteiger partial charge < -0.3 is 19.2 Å². The Morgan fingerprint density at radius 2 is 1.70 bits per heavy atom. The third kappa shape index (κ3) is 4.12. The van der Waals surface area contributed by atoms with E-state index in [0.717, 1.165) is 11.1 Å². The zero-order valence-corrected chi connectivity index (χ0v) is 20.5. The summed E-state index contributed by atoms with van der Waals surface area (Å²) in [6.45, 7) is 0. The van der Waals surface area contributed by atoms with Crippen molar-refractivity contribution in [1.82, 2.24) is 0 Å². The molecule has 1 amide bonds. The first kappa shape index (κ1) is 23.9. The molecule has 186 valence electrons. The van der Waals surface area contributed by atoms with Gasteiger partial charge in [0, 0.05) is 30.9 Å². The molecule has 37 heavy (non-hydrogen) atoms. The van der Waals surface area contributed by atoms with Crippen molar-refractivity contribution in [2.45, 2.75) is 6.04 Å². The van der Waals surface area contributed by atoms with Gasteiger partial charge in [-0.1, -0.05) is 36.4 Å². The van der Waals surface area contributed by atoms with E-state index in [1.165, 1.54) is 18.1 Å².